The Morgan fingerprint density at radius 1 is 1.06 bits per heavy atom. The zero-order valence-corrected chi connectivity index (χ0v) is 19.5. The first-order valence-corrected chi connectivity index (χ1v) is 11.7. The molecule has 0 aromatic heterocycles. The highest BCUT2D eigenvalue weighted by molar-refractivity contribution is 7.89. The summed E-state index contributed by atoms with van der Waals surface area (Å²) in [6.07, 6.45) is -6.53. The predicted molar refractivity (Wildman–Crippen MR) is 119 cm³/mol. The number of carboxylic acid groups (broad SMARTS) is 1. The van der Waals surface area contributed by atoms with E-state index >= 15 is 0 Å². The van der Waals surface area contributed by atoms with Gasteiger partial charge in [0.25, 0.3) is 0 Å². The van der Waals surface area contributed by atoms with Crippen molar-refractivity contribution in [2.75, 3.05) is 7.05 Å². The monoisotopic (exact) mass is 531 g/mol. The van der Waals surface area contributed by atoms with E-state index < -0.39 is 39.7 Å². The maximum absolute atomic E-state index is 13.1. The second-order valence-corrected chi connectivity index (χ2v) is 9.88. The molecule has 0 radical (unpaired) electrons. The molecule has 6 nitrogen and oxygen atoms in total. The van der Waals surface area contributed by atoms with Crippen molar-refractivity contribution in [3.8, 4) is 5.75 Å². The lowest BCUT2D eigenvalue weighted by Gasteiger charge is -2.19. The number of rotatable bonds is 8. The number of nitrogens with zero attached hydrogens (tertiary/aromatic N) is 1. The molecule has 0 aliphatic heterocycles. The molecule has 0 spiro atoms. The van der Waals surface area contributed by atoms with Crippen molar-refractivity contribution in [2.45, 2.75) is 23.7 Å². The third-order valence-electron chi connectivity index (χ3n) is 4.93. The van der Waals surface area contributed by atoms with Gasteiger partial charge in [0.2, 0.25) is 16.1 Å². The van der Waals surface area contributed by atoms with Crippen molar-refractivity contribution >= 4 is 27.6 Å². The summed E-state index contributed by atoms with van der Waals surface area (Å²) in [7, 11) is -2.57. The smallest absolute Gasteiger partial charge is 0.416 e. The molecule has 0 heterocycles. The normalized spacial score (nSPS) is 13.0. The van der Waals surface area contributed by atoms with Crippen LogP contribution in [0.25, 0.3) is 0 Å². The van der Waals surface area contributed by atoms with E-state index in [4.69, 9.17) is 16.3 Å². The second kappa shape index (κ2) is 10.2. The van der Waals surface area contributed by atoms with Crippen molar-refractivity contribution in [3.05, 3.63) is 94.3 Å². The van der Waals surface area contributed by atoms with Gasteiger partial charge in [-0.15, -0.1) is 0 Å². The molecule has 0 saturated heterocycles. The molecule has 0 amide bonds. The van der Waals surface area contributed by atoms with Crippen LogP contribution in [0.15, 0.2) is 71.6 Å². The number of carbonyl (C=O) groups is 1. The quantitative estimate of drug-likeness (QED) is 0.387. The third-order valence-corrected chi connectivity index (χ3v) is 7.10. The maximum atomic E-state index is 13.1. The van der Waals surface area contributed by atoms with Crippen LogP contribution in [0.3, 0.4) is 0 Å². The Hall–Kier alpha value is -3.15. The molecule has 186 valence electrons. The lowest BCUT2D eigenvalue weighted by Crippen LogP contribution is -2.26. The zero-order chi connectivity index (χ0) is 26.0. The van der Waals surface area contributed by atoms with Crippen molar-refractivity contribution in [2.24, 2.45) is 0 Å². The van der Waals surface area contributed by atoms with E-state index in [1.54, 1.807) is 0 Å². The van der Waals surface area contributed by atoms with E-state index in [1.807, 2.05) is 0 Å². The van der Waals surface area contributed by atoms with Gasteiger partial charge < -0.3 is 9.84 Å². The van der Waals surface area contributed by atoms with E-state index in [0.29, 0.717) is 11.6 Å². The molecule has 1 unspecified atom stereocenters. The van der Waals surface area contributed by atoms with E-state index in [9.17, 15) is 35.9 Å². The molecule has 3 aromatic rings. The summed E-state index contributed by atoms with van der Waals surface area (Å²) in [6.45, 7) is -0.0677. The van der Waals surface area contributed by atoms with E-state index in [-0.39, 0.29) is 27.8 Å². The van der Waals surface area contributed by atoms with Crippen molar-refractivity contribution in [1.29, 1.82) is 0 Å². The van der Waals surface area contributed by atoms with Crippen LogP contribution in [0.4, 0.5) is 17.6 Å². The fourth-order valence-corrected chi connectivity index (χ4v) is 4.48. The summed E-state index contributed by atoms with van der Waals surface area (Å²) in [5.41, 5.74) is -0.940. The average Bonchev–Trinajstić information content (AvgIpc) is 2.78. The molecule has 0 bridgehead atoms. The van der Waals surface area contributed by atoms with Crippen LogP contribution in [0.5, 0.6) is 5.75 Å². The van der Waals surface area contributed by atoms with Crippen molar-refractivity contribution < 1.29 is 40.6 Å². The maximum Gasteiger partial charge on any atom is 0.416 e. The molecular formula is C23H18ClF4NO5S. The Bertz CT molecular complexity index is 1310. The highest BCUT2D eigenvalue weighted by atomic mass is 35.5. The average molecular weight is 532 g/mol. The van der Waals surface area contributed by atoms with Gasteiger partial charge in [-0.3, -0.25) is 0 Å². The van der Waals surface area contributed by atoms with Gasteiger partial charge in [0.05, 0.1) is 10.5 Å². The molecule has 0 saturated carbocycles. The summed E-state index contributed by atoms with van der Waals surface area (Å²) >= 11 is 5.94. The molecule has 0 aliphatic rings. The number of halogens is 5. The standard InChI is InChI=1S/C23H18ClF4NO5S/c1-29(35(32,33)18-9-5-16(25)6-10-18)13-14-2-7-17(8-3-14)34-21(22(30)31)19-12-15(23(26,27)28)4-11-20(19)24/h2-12,21H,13H2,1H3,(H,30,31). The lowest BCUT2D eigenvalue weighted by molar-refractivity contribution is -0.146. The second-order valence-electron chi connectivity index (χ2n) is 7.43. The fraction of sp³-hybridized carbons (Fsp3) is 0.174. The van der Waals surface area contributed by atoms with Crippen molar-refractivity contribution in [1.82, 2.24) is 4.31 Å². The van der Waals surface area contributed by atoms with E-state index in [2.05, 4.69) is 0 Å². The molecule has 0 aliphatic carbocycles. The molecule has 35 heavy (non-hydrogen) atoms. The first kappa shape index (κ1) is 26.5. The first-order chi connectivity index (χ1) is 16.3. The van der Waals surface area contributed by atoms with Gasteiger partial charge in [-0.2, -0.15) is 17.5 Å². The number of ether oxygens (including phenoxy) is 1. The van der Waals surface area contributed by atoms with Gasteiger partial charge in [-0.05, 0) is 60.2 Å². The topological polar surface area (TPSA) is 83.9 Å². The summed E-state index contributed by atoms with van der Waals surface area (Å²) < 4.78 is 84.0. The first-order valence-electron chi connectivity index (χ1n) is 9.86. The highest BCUT2D eigenvalue weighted by Gasteiger charge is 2.33. The Morgan fingerprint density at radius 3 is 2.20 bits per heavy atom. The van der Waals surface area contributed by atoms with Gasteiger partial charge in [0, 0.05) is 24.2 Å². The molecule has 1 atom stereocenters. The SMILES string of the molecule is CN(Cc1ccc(OC(C(=O)O)c2cc(C(F)(F)F)ccc2Cl)cc1)S(=O)(=O)c1ccc(F)cc1. The van der Waals surface area contributed by atoms with Crippen LogP contribution in [0.2, 0.25) is 5.02 Å². The Kier molecular flexibility index (Phi) is 7.73. The van der Waals surface area contributed by atoms with E-state index in [0.717, 1.165) is 40.7 Å². The number of hydrogen-bond acceptors (Lipinski definition) is 4. The Balaban J connectivity index is 1.78. The molecule has 3 rings (SSSR count). The molecule has 12 heteroatoms. The third kappa shape index (κ3) is 6.30. The van der Waals surface area contributed by atoms with Gasteiger partial charge in [-0.1, -0.05) is 23.7 Å². The minimum atomic E-state index is -4.70. The number of aliphatic carboxylic acids is 1. The number of hydrogen-bond donors (Lipinski definition) is 1. The van der Waals surface area contributed by atoms with E-state index in [1.165, 1.54) is 31.3 Å². The van der Waals surface area contributed by atoms with Crippen LogP contribution in [0.1, 0.15) is 22.8 Å². The van der Waals surface area contributed by atoms with Crippen molar-refractivity contribution in [3.63, 3.8) is 0 Å². The molecule has 1 N–H and O–H groups in total. The zero-order valence-electron chi connectivity index (χ0n) is 18.0. The Morgan fingerprint density at radius 2 is 1.66 bits per heavy atom. The summed E-state index contributed by atoms with van der Waals surface area (Å²) in [4.78, 5) is 11.6. The van der Waals surface area contributed by atoms with Gasteiger partial charge in [0.1, 0.15) is 11.6 Å². The minimum Gasteiger partial charge on any atom is -0.478 e. The van der Waals surface area contributed by atoms with Crippen LogP contribution in [0, 0.1) is 5.82 Å². The lowest BCUT2D eigenvalue weighted by atomic mass is 10.1. The number of carboxylic acids is 1. The van der Waals surface area contributed by atoms with Gasteiger partial charge in [0.15, 0.2) is 0 Å². The van der Waals surface area contributed by atoms with Crippen LogP contribution in [-0.2, 0) is 27.5 Å². The minimum absolute atomic E-state index is 0.0127. The summed E-state index contributed by atoms with van der Waals surface area (Å²) in [6, 6.07) is 12.3. The molecule has 0 fully saturated rings. The number of alkyl halides is 3. The van der Waals surface area contributed by atoms with Crippen LogP contribution in [-0.4, -0.2) is 30.8 Å². The Labute approximate surface area is 203 Å². The van der Waals surface area contributed by atoms with Crippen LogP contribution < -0.4 is 4.74 Å². The summed E-state index contributed by atoms with van der Waals surface area (Å²) in [5.74, 6) is -2.12. The summed E-state index contributed by atoms with van der Waals surface area (Å²) in [5, 5.41) is 9.32. The van der Waals surface area contributed by atoms with Crippen LogP contribution >= 0.6 is 11.6 Å². The fourth-order valence-electron chi connectivity index (χ4n) is 3.11. The largest absolute Gasteiger partial charge is 0.478 e. The van der Waals surface area contributed by atoms with Gasteiger partial charge in [-0.25, -0.2) is 17.6 Å². The molecular weight excluding hydrogens is 514 g/mol. The number of sulfonamides is 1. The number of benzene rings is 3. The predicted octanol–water partition coefficient (Wildman–Crippen LogP) is 5.52. The van der Waals surface area contributed by atoms with Gasteiger partial charge >= 0.3 is 12.1 Å². The highest BCUT2D eigenvalue weighted by Crippen LogP contribution is 2.35. The molecule has 3 aromatic carbocycles.